The van der Waals surface area contributed by atoms with Crippen LogP contribution in [-0.2, 0) is 7.05 Å². The highest BCUT2D eigenvalue weighted by atomic mass is 79.9. The van der Waals surface area contributed by atoms with Crippen LogP contribution in [0.5, 0.6) is 0 Å². The number of hydrogen-bond acceptors (Lipinski definition) is 4. The van der Waals surface area contributed by atoms with Crippen LogP contribution in [0, 0.1) is 0 Å². The minimum absolute atomic E-state index is 0.184. The number of nitrogens with zero attached hydrogens (tertiary/aromatic N) is 3. The summed E-state index contributed by atoms with van der Waals surface area (Å²) in [5.74, 6) is -0.993. The minimum atomic E-state index is -0.993. The van der Waals surface area contributed by atoms with Gasteiger partial charge in [0.2, 0.25) is 0 Å². The van der Waals surface area contributed by atoms with Gasteiger partial charge in [-0.05, 0) is 24.3 Å². The molecule has 0 saturated heterocycles. The number of carboxylic acids is 1. The van der Waals surface area contributed by atoms with Gasteiger partial charge in [-0.15, -0.1) is 0 Å². The molecule has 7 heteroatoms. The third kappa shape index (κ3) is 2.66. The van der Waals surface area contributed by atoms with Gasteiger partial charge in [-0.25, -0.2) is 9.78 Å². The van der Waals surface area contributed by atoms with E-state index < -0.39 is 5.97 Å². The van der Waals surface area contributed by atoms with Gasteiger partial charge in [0.05, 0.1) is 17.1 Å². The molecular weight excluding hydrogens is 354 g/mol. The predicted octanol–water partition coefficient (Wildman–Crippen LogP) is 3.58. The molecule has 5 nitrogen and oxygen atoms in total. The molecule has 1 N–H and O–H groups in total. The number of aryl methyl sites for hydroxylation is 1. The number of pyridine rings is 1. The fourth-order valence-corrected chi connectivity index (χ4v) is 3.23. The molecule has 0 aliphatic carbocycles. The van der Waals surface area contributed by atoms with E-state index in [9.17, 15) is 9.90 Å². The first-order valence-corrected chi connectivity index (χ1v) is 7.64. The molecule has 3 rings (SSSR count). The number of halogens is 1. The minimum Gasteiger partial charge on any atom is -0.478 e. The normalized spacial score (nSPS) is 11.0. The van der Waals surface area contributed by atoms with Crippen molar-refractivity contribution in [3.63, 3.8) is 0 Å². The summed E-state index contributed by atoms with van der Waals surface area (Å²) in [7, 11) is 1.78. The Morgan fingerprint density at radius 3 is 2.67 bits per heavy atom. The number of fused-ring (bicyclic) bond motifs is 1. The fraction of sp³-hybridized carbons (Fsp3) is 0.0714. The summed E-state index contributed by atoms with van der Waals surface area (Å²) in [6, 6.07) is 7.71. The average molecular weight is 364 g/mol. The molecular formula is C14H10BrN3O2S. The van der Waals surface area contributed by atoms with Gasteiger partial charge in [0, 0.05) is 27.5 Å². The van der Waals surface area contributed by atoms with Crippen LogP contribution in [-0.4, -0.2) is 25.8 Å². The topological polar surface area (TPSA) is 68.0 Å². The van der Waals surface area contributed by atoms with Crippen molar-refractivity contribution in [2.45, 2.75) is 9.79 Å². The lowest BCUT2D eigenvalue weighted by Crippen LogP contribution is -2.01. The van der Waals surface area contributed by atoms with Gasteiger partial charge in [-0.2, -0.15) is 5.10 Å². The van der Waals surface area contributed by atoms with Crippen LogP contribution in [0.1, 0.15) is 10.4 Å². The number of carboxylic acid groups (broad SMARTS) is 1. The molecule has 0 aliphatic rings. The first kappa shape index (κ1) is 14.1. The highest BCUT2D eigenvalue weighted by molar-refractivity contribution is 9.10. The van der Waals surface area contributed by atoms with Crippen molar-refractivity contribution in [1.29, 1.82) is 0 Å². The first-order valence-electron chi connectivity index (χ1n) is 6.03. The fourth-order valence-electron chi connectivity index (χ4n) is 1.96. The molecule has 0 atom stereocenters. The maximum Gasteiger partial charge on any atom is 0.338 e. The Morgan fingerprint density at radius 1 is 1.29 bits per heavy atom. The van der Waals surface area contributed by atoms with Crippen molar-refractivity contribution in [3.05, 3.63) is 46.7 Å². The van der Waals surface area contributed by atoms with Gasteiger partial charge >= 0.3 is 5.97 Å². The SMILES string of the molecule is Cn1ncc2c(Sc3ccc(Br)cc3)c(C(=O)O)cnc21. The summed E-state index contributed by atoms with van der Waals surface area (Å²) < 4.78 is 2.61. The summed E-state index contributed by atoms with van der Waals surface area (Å²) in [4.78, 5) is 17.2. The van der Waals surface area contributed by atoms with E-state index in [4.69, 9.17) is 0 Å². The highest BCUT2D eigenvalue weighted by Gasteiger charge is 2.17. The molecule has 0 aliphatic heterocycles. The zero-order valence-corrected chi connectivity index (χ0v) is 13.3. The summed E-state index contributed by atoms with van der Waals surface area (Å²) in [5, 5.41) is 14.3. The molecule has 0 unspecified atom stereocenters. The molecule has 1 aromatic carbocycles. The van der Waals surface area contributed by atoms with E-state index in [0.29, 0.717) is 10.5 Å². The molecule has 0 bridgehead atoms. The van der Waals surface area contributed by atoms with Crippen molar-refractivity contribution < 1.29 is 9.90 Å². The van der Waals surface area contributed by atoms with Crippen LogP contribution in [0.4, 0.5) is 0 Å². The summed E-state index contributed by atoms with van der Waals surface area (Å²) in [6.45, 7) is 0. The molecule has 0 radical (unpaired) electrons. The molecule has 0 spiro atoms. The number of carbonyl (C=O) groups is 1. The maximum atomic E-state index is 11.4. The lowest BCUT2D eigenvalue weighted by molar-refractivity contribution is 0.0693. The third-order valence-electron chi connectivity index (χ3n) is 2.98. The number of hydrogen-bond donors (Lipinski definition) is 1. The summed E-state index contributed by atoms with van der Waals surface area (Å²) in [6.07, 6.45) is 3.03. The number of rotatable bonds is 3. The Bertz CT molecular complexity index is 830. The van der Waals surface area contributed by atoms with Crippen LogP contribution in [0.2, 0.25) is 0 Å². The lowest BCUT2D eigenvalue weighted by atomic mass is 10.2. The Morgan fingerprint density at radius 2 is 2.00 bits per heavy atom. The number of aromatic nitrogens is 3. The molecule has 0 saturated carbocycles. The van der Waals surface area contributed by atoms with Crippen molar-refractivity contribution in [1.82, 2.24) is 14.8 Å². The van der Waals surface area contributed by atoms with Gasteiger partial charge in [0.15, 0.2) is 5.65 Å². The number of benzene rings is 1. The number of aromatic carboxylic acids is 1. The van der Waals surface area contributed by atoms with Crippen molar-refractivity contribution in [3.8, 4) is 0 Å². The van der Waals surface area contributed by atoms with Crippen molar-refractivity contribution >= 4 is 44.7 Å². The van der Waals surface area contributed by atoms with Crippen LogP contribution in [0.25, 0.3) is 11.0 Å². The van der Waals surface area contributed by atoms with Crippen molar-refractivity contribution in [2.75, 3.05) is 0 Å². The predicted molar refractivity (Wildman–Crippen MR) is 83.7 cm³/mol. The first-order chi connectivity index (χ1) is 10.1. The summed E-state index contributed by atoms with van der Waals surface area (Å²) in [5.41, 5.74) is 0.850. The molecule has 2 aromatic heterocycles. The molecule has 21 heavy (non-hydrogen) atoms. The van der Waals surface area contributed by atoms with Gasteiger partial charge in [0.25, 0.3) is 0 Å². The van der Waals surface area contributed by atoms with Crippen LogP contribution in [0.15, 0.2) is 50.9 Å². The molecule has 0 amide bonds. The highest BCUT2D eigenvalue weighted by Crippen LogP contribution is 2.35. The Labute approximate surface area is 133 Å². The van der Waals surface area contributed by atoms with Gasteiger partial charge in [-0.1, -0.05) is 27.7 Å². The quantitative estimate of drug-likeness (QED) is 0.770. The molecule has 106 valence electrons. The largest absolute Gasteiger partial charge is 0.478 e. The zero-order valence-electron chi connectivity index (χ0n) is 10.9. The van der Waals surface area contributed by atoms with Crippen LogP contribution < -0.4 is 0 Å². The second-order valence-electron chi connectivity index (χ2n) is 4.37. The van der Waals surface area contributed by atoms with E-state index in [1.807, 2.05) is 24.3 Å². The van der Waals surface area contributed by atoms with Gasteiger partial charge < -0.3 is 5.11 Å². The van der Waals surface area contributed by atoms with E-state index in [-0.39, 0.29) is 5.56 Å². The monoisotopic (exact) mass is 363 g/mol. The van der Waals surface area contributed by atoms with Crippen molar-refractivity contribution in [2.24, 2.45) is 7.05 Å². The molecule has 3 aromatic rings. The van der Waals surface area contributed by atoms with Gasteiger partial charge in [0.1, 0.15) is 0 Å². The van der Waals surface area contributed by atoms with Gasteiger partial charge in [-0.3, -0.25) is 4.68 Å². The molecule has 0 fully saturated rings. The zero-order chi connectivity index (χ0) is 15.0. The van der Waals surface area contributed by atoms with E-state index in [1.165, 1.54) is 18.0 Å². The lowest BCUT2D eigenvalue weighted by Gasteiger charge is -2.07. The summed E-state index contributed by atoms with van der Waals surface area (Å²) >= 11 is 4.78. The average Bonchev–Trinajstić information content (AvgIpc) is 2.83. The maximum absolute atomic E-state index is 11.4. The second kappa shape index (κ2) is 5.50. The van der Waals surface area contributed by atoms with E-state index in [2.05, 4.69) is 26.0 Å². The van der Waals surface area contributed by atoms with E-state index in [0.717, 1.165) is 14.8 Å². The van der Waals surface area contributed by atoms with E-state index >= 15 is 0 Å². The standard InChI is InChI=1S/C14H10BrN3O2S/c1-18-13-10(7-17-18)12(11(6-16-13)14(19)20)21-9-4-2-8(15)3-5-9/h2-7H,1H3,(H,19,20). The Kier molecular flexibility index (Phi) is 3.69. The Balaban J connectivity index is 2.16. The second-order valence-corrected chi connectivity index (χ2v) is 6.37. The van der Waals surface area contributed by atoms with E-state index in [1.54, 1.807) is 17.9 Å². The Hall–Kier alpha value is -1.86. The third-order valence-corrected chi connectivity index (χ3v) is 4.66. The smallest absolute Gasteiger partial charge is 0.338 e. The van der Waals surface area contributed by atoms with Crippen LogP contribution >= 0.6 is 27.7 Å². The van der Waals surface area contributed by atoms with Crippen LogP contribution in [0.3, 0.4) is 0 Å². The molecule has 2 heterocycles.